The van der Waals surface area contributed by atoms with Crippen LogP contribution >= 0.6 is 0 Å². The maximum absolute atomic E-state index is 8.47. The van der Waals surface area contributed by atoms with Crippen molar-refractivity contribution >= 4 is 0 Å². The van der Waals surface area contributed by atoms with Crippen LogP contribution in [0, 0.1) is 0 Å². The average Bonchev–Trinajstić information content (AvgIpc) is 2.46. The number of ether oxygens (including phenoxy) is 1. The molecular formula is C9H19NO2. The molecule has 0 bridgehead atoms. The van der Waals surface area contributed by atoms with Crippen molar-refractivity contribution in [3.63, 3.8) is 0 Å². The first-order valence-corrected chi connectivity index (χ1v) is 4.77. The standard InChI is InChI=1S/C9H19NO2/c1-9-3-2-4-10(9)5-7-12-8-6-11/h9,11H,2-8H2,1H3. The van der Waals surface area contributed by atoms with E-state index < -0.39 is 0 Å². The predicted molar refractivity (Wildman–Crippen MR) is 48.2 cm³/mol. The quantitative estimate of drug-likeness (QED) is 0.614. The van der Waals surface area contributed by atoms with E-state index in [9.17, 15) is 0 Å². The Morgan fingerprint density at radius 3 is 2.92 bits per heavy atom. The molecule has 1 aliphatic heterocycles. The molecule has 1 atom stereocenters. The first-order valence-electron chi connectivity index (χ1n) is 4.77. The normalized spacial score (nSPS) is 25.0. The summed E-state index contributed by atoms with van der Waals surface area (Å²) in [6, 6.07) is 0.725. The van der Waals surface area contributed by atoms with Crippen molar-refractivity contribution in [2.45, 2.75) is 25.8 Å². The smallest absolute Gasteiger partial charge is 0.0698 e. The van der Waals surface area contributed by atoms with Crippen molar-refractivity contribution in [1.29, 1.82) is 0 Å². The average molecular weight is 173 g/mol. The number of rotatable bonds is 5. The molecule has 1 N–H and O–H groups in total. The van der Waals surface area contributed by atoms with E-state index in [1.165, 1.54) is 19.4 Å². The van der Waals surface area contributed by atoms with Crippen LogP contribution in [0.15, 0.2) is 0 Å². The van der Waals surface area contributed by atoms with Crippen molar-refractivity contribution in [3.05, 3.63) is 0 Å². The van der Waals surface area contributed by atoms with Gasteiger partial charge < -0.3 is 9.84 Å². The van der Waals surface area contributed by atoms with Gasteiger partial charge in [0.15, 0.2) is 0 Å². The van der Waals surface area contributed by atoms with Gasteiger partial charge in [-0.25, -0.2) is 0 Å². The first kappa shape index (κ1) is 9.96. The van der Waals surface area contributed by atoms with E-state index in [1.54, 1.807) is 0 Å². The summed E-state index contributed by atoms with van der Waals surface area (Å²) in [6.07, 6.45) is 2.64. The Balaban J connectivity index is 1.98. The predicted octanol–water partition coefficient (Wildman–Crippen LogP) is 0.480. The van der Waals surface area contributed by atoms with Gasteiger partial charge in [0.25, 0.3) is 0 Å². The molecule has 0 spiro atoms. The van der Waals surface area contributed by atoms with Crippen molar-refractivity contribution in [2.75, 3.05) is 32.9 Å². The lowest BCUT2D eigenvalue weighted by molar-refractivity contribution is 0.0724. The fourth-order valence-corrected chi connectivity index (χ4v) is 1.67. The molecule has 1 aliphatic rings. The molecule has 0 amide bonds. The molecule has 1 rings (SSSR count). The van der Waals surface area contributed by atoms with E-state index in [0.29, 0.717) is 6.61 Å². The molecule has 72 valence electrons. The van der Waals surface area contributed by atoms with E-state index in [0.717, 1.165) is 19.2 Å². The van der Waals surface area contributed by atoms with Crippen LogP contribution in [0.5, 0.6) is 0 Å². The minimum absolute atomic E-state index is 0.134. The van der Waals surface area contributed by atoms with Gasteiger partial charge >= 0.3 is 0 Å². The summed E-state index contributed by atoms with van der Waals surface area (Å²) in [7, 11) is 0. The molecule has 3 nitrogen and oxygen atoms in total. The molecule has 0 radical (unpaired) electrons. The van der Waals surface area contributed by atoms with Crippen LogP contribution in [-0.2, 0) is 4.74 Å². The largest absolute Gasteiger partial charge is 0.394 e. The maximum atomic E-state index is 8.47. The van der Waals surface area contributed by atoms with Crippen LogP contribution in [-0.4, -0.2) is 49.0 Å². The van der Waals surface area contributed by atoms with Gasteiger partial charge in [0.2, 0.25) is 0 Å². The summed E-state index contributed by atoms with van der Waals surface area (Å²) < 4.78 is 5.20. The van der Waals surface area contributed by atoms with Gasteiger partial charge in [0, 0.05) is 12.6 Å². The zero-order valence-corrected chi connectivity index (χ0v) is 7.83. The Hall–Kier alpha value is -0.120. The lowest BCUT2D eigenvalue weighted by atomic mass is 10.2. The summed E-state index contributed by atoms with van der Waals surface area (Å²) in [6.45, 7) is 5.85. The number of hydrogen-bond acceptors (Lipinski definition) is 3. The number of aliphatic hydroxyl groups is 1. The molecular weight excluding hydrogens is 154 g/mol. The van der Waals surface area contributed by atoms with Gasteiger partial charge in [0.1, 0.15) is 0 Å². The van der Waals surface area contributed by atoms with Crippen LogP contribution in [0.3, 0.4) is 0 Å². The Bertz CT molecular complexity index is 119. The Kier molecular flexibility index (Phi) is 4.58. The van der Waals surface area contributed by atoms with Crippen LogP contribution in [0.4, 0.5) is 0 Å². The molecule has 0 aromatic heterocycles. The Labute approximate surface area is 74.3 Å². The second-order valence-electron chi connectivity index (χ2n) is 3.36. The van der Waals surface area contributed by atoms with Gasteiger partial charge in [-0.2, -0.15) is 0 Å². The summed E-state index contributed by atoms with van der Waals surface area (Å²) >= 11 is 0. The zero-order valence-electron chi connectivity index (χ0n) is 7.83. The van der Waals surface area contributed by atoms with Crippen molar-refractivity contribution in [3.8, 4) is 0 Å². The lowest BCUT2D eigenvalue weighted by Crippen LogP contribution is -2.30. The summed E-state index contributed by atoms with van der Waals surface area (Å²) in [4.78, 5) is 2.44. The molecule has 0 aromatic carbocycles. The second kappa shape index (κ2) is 5.51. The molecule has 0 aromatic rings. The first-order chi connectivity index (χ1) is 5.84. The van der Waals surface area contributed by atoms with Gasteiger partial charge in [-0.15, -0.1) is 0 Å². The van der Waals surface area contributed by atoms with Crippen molar-refractivity contribution in [2.24, 2.45) is 0 Å². The van der Waals surface area contributed by atoms with Crippen molar-refractivity contribution < 1.29 is 9.84 Å². The molecule has 1 heterocycles. The lowest BCUT2D eigenvalue weighted by Gasteiger charge is -2.20. The monoisotopic (exact) mass is 173 g/mol. The summed E-state index contributed by atoms with van der Waals surface area (Å²) in [5.74, 6) is 0. The van der Waals surface area contributed by atoms with E-state index in [2.05, 4.69) is 11.8 Å². The van der Waals surface area contributed by atoms with E-state index in [4.69, 9.17) is 9.84 Å². The highest BCUT2D eigenvalue weighted by molar-refractivity contribution is 4.74. The number of aliphatic hydroxyl groups excluding tert-OH is 1. The van der Waals surface area contributed by atoms with E-state index >= 15 is 0 Å². The highest BCUT2D eigenvalue weighted by atomic mass is 16.5. The number of likely N-dealkylation sites (tertiary alicyclic amines) is 1. The second-order valence-corrected chi connectivity index (χ2v) is 3.36. The summed E-state index contributed by atoms with van der Waals surface area (Å²) in [5.41, 5.74) is 0. The van der Waals surface area contributed by atoms with Gasteiger partial charge in [-0.05, 0) is 26.3 Å². The zero-order chi connectivity index (χ0) is 8.81. The maximum Gasteiger partial charge on any atom is 0.0698 e. The fraction of sp³-hybridized carbons (Fsp3) is 1.00. The topological polar surface area (TPSA) is 32.7 Å². The minimum Gasteiger partial charge on any atom is -0.394 e. The molecule has 1 fully saturated rings. The fourth-order valence-electron chi connectivity index (χ4n) is 1.67. The third kappa shape index (κ3) is 3.09. The number of nitrogens with zero attached hydrogens (tertiary/aromatic N) is 1. The highest BCUT2D eigenvalue weighted by Gasteiger charge is 2.18. The van der Waals surface area contributed by atoms with Crippen LogP contribution in [0.25, 0.3) is 0 Å². The number of hydrogen-bond donors (Lipinski definition) is 1. The summed E-state index contributed by atoms with van der Waals surface area (Å²) in [5, 5.41) is 8.47. The highest BCUT2D eigenvalue weighted by Crippen LogP contribution is 2.15. The third-order valence-electron chi connectivity index (χ3n) is 2.45. The minimum atomic E-state index is 0.134. The molecule has 12 heavy (non-hydrogen) atoms. The molecule has 0 saturated carbocycles. The van der Waals surface area contributed by atoms with Crippen LogP contribution in [0.1, 0.15) is 19.8 Å². The van der Waals surface area contributed by atoms with Crippen LogP contribution < -0.4 is 0 Å². The van der Waals surface area contributed by atoms with Crippen molar-refractivity contribution in [1.82, 2.24) is 4.90 Å². The molecule has 3 heteroatoms. The molecule has 1 saturated heterocycles. The molecule has 0 aliphatic carbocycles. The Morgan fingerprint density at radius 1 is 1.50 bits per heavy atom. The SMILES string of the molecule is CC1CCCN1CCOCCO. The van der Waals surface area contributed by atoms with Crippen LogP contribution in [0.2, 0.25) is 0 Å². The van der Waals surface area contributed by atoms with E-state index in [1.807, 2.05) is 0 Å². The van der Waals surface area contributed by atoms with Gasteiger partial charge in [0.05, 0.1) is 19.8 Å². The van der Waals surface area contributed by atoms with E-state index in [-0.39, 0.29) is 6.61 Å². The Morgan fingerprint density at radius 2 is 2.33 bits per heavy atom. The third-order valence-corrected chi connectivity index (χ3v) is 2.45. The van der Waals surface area contributed by atoms with Gasteiger partial charge in [-0.3, -0.25) is 4.90 Å². The van der Waals surface area contributed by atoms with Gasteiger partial charge in [-0.1, -0.05) is 0 Å². The molecule has 1 unspecified atom stereocenters.